The van der Waals surface area contributed by atoms with Crippen LogP contribution in [0.5, 0.6) is 0 Å². The third kappa shape index (κ3) is 4.45. The molecule has 2 heterocycles. The molecule has 0 spiro atoms. The highest BCUT2D eigenvalue weighted by Gasteiger charge is 2.35. The van der Waals surface area contributed by atoms with Gasteiger partial charge in [-0.25, -0.2) is 4.79 Å². The average molecular weight is 509 g/mol. The molecular formula is C25H22Cl2N6O2. The van der Waals surface area contributed by atoms with E-state index in [1.54, 1.807) is 22.9 Å². The molecule has 1 saturated carbocycles. The van der Waals surface area contributed by atoms with Crippen molar-refractivity contribution in [2.24, 2.45) is 5.73 Å². The van der Waals surface area contributed by atoms with E-state index in [1.807, 2.05) is 24.3 Å². The lowest BCUT2D eigenvalue weighted by atomic mass is 9.75. The fourth-order valence-corrected chi connectivity index (χ4v) is 4.98. The predicted octanol–water partition coefficient (Wildman–Crippen LogP) is 4.30. The second-order valence-electron chi connectivity index (χ2n) is 8.85. The smallest absolute Gasteiger partial charge is 0.315 e. The maximum atomic E-state index is 13.5. The summed E-state index contributed by atoms with van der Waals surface area (Å²) in [6.07, 6.45) is 1.60. The number of benzene rings is 2. The largest absolute Gasteiger partial charge is 0.351 e. The maximum absolute atomic E-state index is 13.5. The number of amides is 3. The monoisotopic (exact) mass is 508 g/mol. The molecule has 0 unspecified atom stereocenters. The van der Waals surface area contributed by atoms with Crippen molar-refractivity contribution >= 4 is 35.1 Å². The summed E-state index contributed by atoms with van der Waals surface area (Å²) in [5.74, 6) is 0.0796. The Labute approximate surface area is 212 Å². The number of carbonyl (C=O) groups excluding carboxylic acids is 2. The second-order valence-corrected chi connectivity index (χ2v) is 9.67. The van der Waals surface area contributed by atoms with Crippen LogP contribution in [0.1, 0.15) is 45.9 Å². The molecule has 0 atom stereocenters. The zero-order chi connectivity index (χ0) is 24.7. The van der Waals surface area contributed by atoms with Gasteiger partial charge in [0.05, 0.1) is 46.0 Å². The molecule has 3 N–H and O–H groups in total. The number of hydrogen-bond donors (Lipinski definition) is 2. The Morgan fingerprint density at radius 3 is 2.49 bits per heavy atom. The number of urea groups is 1. The van der Waals surface area contributed by atoms with Crippen molar-refractivity contribution in [2.75, 3.05) is 6.54 Å². The van der Waals surface area contributed by atoms with Crippen molar-refractivity contribution in [3.8, 4) is 17.3 Å². The van der Waals surface area contributed by atoms with Crippen LogP contribution >= 0.6 is 23.2 Å². The van der Waals surface area contributed by atoms with Gasteiger partial charge in [0.25, 0.3) is 5.91 Å². The van der Waals surface area contributed by atoms with Gasteiger partial charge in [-0.15, -0.1) is 0 Å². The van der Waals surface area contributed by atoms with Crippen molar-refractivity contribution < 1.29 is 9.59 Å². The van der Waals surface area contributed by atoms with Crippen molar-refractivity contribution in [3.63, 3.8) is 0 Å². The van der Waals surface area contributed by atoms with Crippen molar-refractivity contribution in [3.05, 3.63) is 74.9 Å². The van der Waals surface area contributed by atoms with Crippen LogP contribution in [0.15, 0.2) is 42.5 Å². The molecule has 2 aromatic carbocycles. The number of fused-ring (bicyclic) bond motifs is 1. The topological polar surface area (TPSA) is 117 Å². The second kappa shape index (κ2) is 9.25. The Bertz CT molecular complexity index is 1360. The van der Waals surface area contributed by atoms with E-state index in [-0.39, 0.29) is 18.5 Å². The van der Waals surface area contributed by atoms with Crippen LogP contribution in [0.3, 0.4) is 0 Å². The number of carbonyl (C=O) groups is 2. The van der Waals surface area contributed by atoms with Gasteiger partial charge < -0.3 is 16.0 Å². The predicted molar refractivity (Wildman–Crippen MR) is 132 cm³/mol. The Balaban J connectivity index is 1.40. The summed E-state index contributed by atoms with van der Waals surface area (Å²) in [5.41, 5.74) is 9.51. The van der Waals surface area contributed by atoms with E-state index in [1.165, 1.54) is 4.90 Å². The highest BCUT2D eigenvalue weighted by molar-refractivity contribution is 6.42. The first-order valence-corrected chi connectivity index (χ1v) is 12.0. The van der Waals surface area contributed by atoms with Gasteiger partial charge in [0.1, 0.15) is 5.69 Å². The van der Waals surface area contributed by atoms with E-state index >= 15 is 0 Å². The molecule has 8 nitrogen and oxygen atoms in total. The van der Waals surface area contributed by atoms with Crippen LogP contribution in [-0.4, -0.2) is 39.2 Å². The number of nitriles is 1. The number of nitrogens with one attached hydrogen (secondary N) is 1. The number of primary amides is 1. The molecular weight excluding hydrogens is 487 g/mol. The van der Waals surface area contributed by atoms with Gasteiger partial charge in [0.2, 0.25) is 0 Å². The van der Waals surface area contributed by atoms with E-state index in [0.717, 1.165) is 18.4 Å². The first-order chi connectivity index (χ1) is 16.8. The SMILES string of the molecule is N#Cc1ccc([C@H]2C[C@H](NC(=O)c3c(-c4ccc(Cl)c(Cl)c4)nn4c3CN(C(N)=O)CC4)C2)cc1. The molecule has 2 aliphatic rings. The minimum atomic E-state index is -0.538. The summed E-state index contributed by atoms with van der Waals surface area (Å²) in [6.45, 7) is 1.05. The maximum Gasteiger partial charge on any atom is 0.315 e. The summed E-state index contributed by atoms with van der Waals surface area (Å²) in [7, 11) is 0. The summed E-state index contributed by atoms with van der Waals surface area (Å²) in [5, 5.41) is 17.6. The Morgan fingerprint density at radius 2 is 1.83 bits per heavy atom. The number of hydrogen-bond acceptors (Lipinski definition) is 4. The summed E-state index contributed by atoms with van der Waals surface area (Å²) in [6, 6.07) is 14.3. The van der Waals surface area contributed by atoms with Gasteiger partial charge >= 0.3 is 6.03 Å². The molecule has 0 bridgehead atoms. The first kappa shape index (κ1) is 23.2. The van der Waals surface area contributed by atoms with Gasteiger partial charge in [-0.1, -0.05) is 41.4 Å². The summed E-state index contributed by atoms with van der Waals surface area (Å²) < 4.78 is 1.76. The zero-order valence-corrected chi connectivity index (χ0v) is 20.2. The van der Waals surface area contributed by atoms with E-state index in [2.05, 4.69) is 16.5 Å². The number of nitrogens with two attached hydrogens (primary N) is 1. The van der Waals surface area contributed by atoms with Crippen molar-refractivity contribution in [2.45, 2.75) is 37.9 Å². The molecule has 3 amide bonds. The van der Waals surface area contributed by atoms with Gasteiger partial charge in [-0.3, -0.25) is 9.48 Å². The van der Waals surface area contributed by atoms with Crippen LogP contribution in [-0.2, 0) is 13.1 Å². The quantitative estimate of drug-likeness (QED) is 0.546. The Kier molecular flexibility index (Phi) is 6.13. The Morgan fingerprint density at radius 1 is 1.09 bits per heavy atom. The number of rotatable bonds is 4. The van der Waals surface area contributed by atoms with Crippen LogP contribution in [0.2, 0.25) is 10.0 Å². The van der Waals surface area contributed by atoms with Gasteiger partial charge in [-0.2, -0.15) is 10.4 Å². The minimum Gasteiger partial charge on any atom is -0.351 e. The molecule has 10 heteroatoms. The third-order valence-electron chi connectivity index (χ3n) is 6.70. The van der Waals surface area contributed by atoms with Crippen LogP contribution in [0, 0.1) is 11.3 Å². The minimum absolute atomic E-state index is 0.0104. The molecule has 5 rings (SSSR count). The highest BCUT2D eigenvalue weighted by atomic mass is 35.5. The van der Waals surface area contributed by atoms with Gasteiger partial charge in [-0.05, 0) is 48.6 Å². The standard InChI is InChI=1S/C25H22Cl2N6O2/c26-19-6-5-16(11-20(19)27)23-22(21-13-32(25(29)35)7-8-33(21)31-23)24(34)30-18-9-17(10-18)15-3-1-14(12-28)2-4-15/h1-6,11,17-18H,7-10,13H2,(H2,29,35)(H,30,34)/t17-,18-. The number of halogens is 2. The Hall–Kier alpha value is -3.54. The lowest BCUT2D eigenvalue weighted by molar-refractivity contribution is 0.0906. The van der Waals surface area contributed by atoms with E-state index < -0.39 is 6.03 Å². The molecule has 1 aromatic heterocycles. The molecule has 35 heavy (non-hydrogen) atoms. The molecule has 1 aliphatic heterocycles. The van der Waals surface area contributed by atoms with Gasteiger partial charge in [0.15, 0.2) is 0 Å². The van der Waals surface area contributed by atoms with Crippen molar-refractivity contribution in [1.82, 2.24) is 20.0 Å². The molecule has 0 radical (unpaired) electrons. The fourth-order valence-electron chi connectivity index (χ4n) is 4.69. The highest BCUT2D eigenvalue weighted by Crippen LogP contribution is 2.38. The zero-order valence-electron chi connectivity index (χ0n) is 18.7. The first-order valence-electron chi connectivity index (χ1n) is 11.2. The third-order valence-corrected chi connectivity index (χ3v) is 7.44. The summed E-state index contributed by atoms with van der Waals surface area (Å²) in [4.78, 5) is 26.8. The van der Waals surface area contributed by atoms with Gasteiger partial charge in [0, 0.05) is 18.2 Å². The number of aromatic nitrogens is 2. The van der Waals surface area contributed by atoms with Crippen molar-refractivity contribution in [1.29, 1.82) is 5.26 Å². The lowest BCUT2D eigenvalue weighted by Gasteiger charge is -2.36. The summed E-state index contributed by atoms with van der Waals surface area (Å²) >= 11 is 12.3. The lowest BCUT2D eigenvalue weighted by Crippen LogP contribution is -2.45. The van der Waals surface area contributed by atoms with E-state index in [4.69, 9.17) is 34.2 Å². The normalized spacial score (nSPS) is 18.8. The molecule has 0 saturated heterocycles. The molecule has 1 fully saturated rings. The van der Waals surface area contributed by atoms with Crippen LogP contribution in [0.4, 0.5) is 4.79 Å². The molecule has 178 valence electrons. The average Bonchev–Trinajstić information content (AvgIpc) is 3.21. The van der Waals surface area contributed by atoms with E-state index in [0.29, 0.717) is 57.1 Å². The van der Waals surface area contributed by atoms with Crippen LogP contribution < -0.4 is 11.1 Å². The number of nitrogens with zero attached hydrogens (tertiary/aromatic N) is 4. The van der Waals surface area contributed by atoms with E-state index in [9.17, 15) is 9.59 Å². The molecule has 3 aromatic rings. The molecule has 1 aliphatic carbocycles. The fraction of sp³-hybridized carbons (Fsp3) is 0.280. The van der Waals surface area contributed by atoms with Crippen LogP contribution in [0.25, 0.3) is 11.3 Å².